The van der Waals surface area contributed by atoms with Crippen molar-refractivity contribution in [1.82, 2.24) is 0 Å². The molecule has 0 heterocycles. The van der Waals surface area contributed by atoms with E-state index in [0.29, 0.717) is 0 Å². The Morgan fingerprint density at radius 2 is 1.70 bits per heavy atom. The van der Waals surface area contributed by atoms with E-state index >= 15 is 0 Å². The number of hydrogen-bond donors (Lipinski definition) is 0. The summed E-state index contributed by atoms with van der Waals surface area (Å²) in [6.07, 6.45) is 11.7. The van der Waals surface area contributed by atoms with Crippen LogP contribution in [0.1, 0.15) is 39.5 Å². The number of halogens is 2. The maximum atomic E-state index is 2.58. The third-order valence-electron chi connectivity index (χ3n) is 4.13. The molecule has 0 fully saturated rings. The van der Waals surface area contributed by atoms with E-state index in [1.807, 2.05) is 3.28 Å². The molecular weight excluding hydrogens is 382 g/mol. The molecule has 0 aliphatic heterocycles. The summed E-state index contributed by atoms with van der Waals surface area (Å²) >= 11 is -1.90. The Morgan fingerprint density at radius 3 is 2.10 bits per heavy atom. The van der Waals surface area contributed by atoms with Gasteiger partial charge in [-0.2, -0.15) is 0 Å². The maximum Gasteiger partial charge on any atom is -0.147 e. The van der Waals surface area contributed by atoms with E-state index in [1.54, 1.807) is 22.3 Å². The van der Waals surface area contributed by atoms with Crippen LogP contribution < -0.4 is 0 Å². The number of rotatable bonds is 4. The van der Waals surface area contributed by atoms with Crippen LogP contribution in [0.3, 0.4) is 0 Å². The first-order chi connectivity index (χ1) is 8.49. The molecule has 113 valence electrons. The van der Waals surface area contributed by atoms with Gasteiger partial charge < -0.3 is 0 Å². The van der Waals surface area contributed by atoms with Crippen LogP contribution in [-0.4, -0.2) is 6.88 Å². The molecule has 0 unspecified atom stereocenters. The largest absolute Gasteiger partial charge is 0.147 e. The van der Waals surface area contributed by atoms with Crippen LogP contribution in [0.15, 0.2) is 43.8 Å². The second-order valence-electron chi connectivity index (χ2n) is 6.01. The fraction of sp³-hybridized carbons (Fsp3) is 0.500. The summed E-state index contributed by atoms with van der Waals surface area (Å²) in [5.74, 6) is 0. The van der Waals surface area contributed by atoms with E-state index in [9.17, 15) is 0 Å². The molecule has 0 aromatic heterocycles. The SMILES string of the molecule is CCC1=C(C2=CC=CC2)C[C]([Zr]([CH3])([CH3])=[SiH2])=C1CC.Cl.Cl. The van der Waals surface area contributed by atoms with Crippen LogP contribution in [0.5, 0.6) is 0 Å². The van der Waals surface area contributed by atoms with Gasteiger partial charge in [-0.25, -0.2) is 0 Å². The van der Waals surface area contributed by atoms with Crippen LogP contribution in [0.2, 0.25) is 9.26 Å². The van der Waals surface area contributed by atoms with E-state index < -0.39 is 18.9 Å². The molecule has 20 heavy (non-hydrogen) atoms. The van der Waals surface area contributed by atoms with E-state index in [0.717, 1.165) is 6.42 Å². The van der Waals surface area contributed by atoms with Crippen LogP contribution in [0.4, 0.5) is 0 Å². The van der Waals surface area contributed by atoms with Gasteiger partial charge in [0.05, 0.1) is 0 Å². The van der Waals surface area contributed by atoms with Crippen LogP contribution >= 0.6 is 24.8 Å². The van der Waals surface area contributed by atoms with Gasteiger partial charge in [0.1, 0.15) is 0 Å². The summed E-state index contributed by atoms with van der Waals surface area (Å²) in [6, 6.07) is 0. The molecule has 2 aliphatic rings. The first kappa shape index (κ1) is 20.6. The van der Waals surface area contributed by atoms with Gasteiger partial charge in [0.2, 0.25) is 0 Å². The molecule has 0 saturated heterocycles. The zero-order valence-electron chi connectivity index (χ0n) is 13.1. The zero-order chi connectivity index (χ0) is 13.3. The van der Waals surface area contributed by atoms with E-state index in [2.05, 4.69) is 48.2 Å². The normalized spacial score (nSPS) is 18.1. The Labute approximate surface area is 142 Å². The predicted octanol–water partition coefficient (Wildman–Crippen LogP) is 5.29. The average molecular weight is 410 g/mol. The number of allylic oxidation sites excluding steroid dienone is 8. The van der Waals surface area contributed by atoms with Gasteiger partial charge in [0, 0.05) is 0 Å². The molecule has 0 atom stereocenters. The fourth-order valence-electron chi connectivity index (χ4n) is 3.23. The van der Waals surface area contributed by atoms with Crippen LogP contribution in [-0.2, 0) is 18.9 Å². The van der Waals surface area contributed by atoms with Crippen molar-refractivity contribution in [1.29, 1.82) is 0 Å². The predicted molar refractivity (Wildman–Crippen MR) is 95.9 cm³/mol. The van der Waals surface area contributed by atoms with E-state index in [1.165, 1.54) is 19.3 Å². The minimum absolute atomic E-state index is 0. The molecule has 0 radical (unpaired) electrons. The zero-order valence-corrected chi connectivity index (χ0v) is 18.6. The molecule has 2 aliphatic carbocycles. The Morgan fingerprint density at radius 1 is 1.10 bits per heavy atom. The first-order valence-corrected chi connectivity index (χ1v) is 19.2. The molecule has 4 heteroatoms. The maximum absolute atomic E-state index is 2.58. The summed E-state index contributed by atoms with van der Waals surface area (Å²) in [6.45, 7) is 7.02. The van der Waals surface area contributed by atoms with Gasteiger partial charge in [0.25, 0.3) is 0 Å². The van der Waals surface area contributed by atoms with Crippen molar-refractivity contribution in [2.24, 2.45) is 0 Å². The molecule has 0 bridgehead atoms. The van der Waals surface area contributed by atoms with Gasteiger partial charge >= 0.3 is 118 Å². The second kappa shape index (κ2) is 8.32. The summed E-state index contributed by atoms with van der Waals surface area (Å²) in [4.78, 5) is 0. The van der Waals surface area contributed by atoms with Gasteiger partial charge in [0.15, 0.2) is 0 Å². The van der Waals surface area contributed by atoms with Gasteiger partial charge in [-0.05, 0) is 0 Å². The van der Waals surface area contributed by atoms with Crippen LogP contribution in [0.25, 0.3) is 0 Å². The molecule has 0 saturated carbocycles. The average Bonchev–Trinajstić information content (AvgIpc) is 2.93. The Balaban J connectivity index is 0.00000180. The Hall–Kier alpha value is 0.640. The third kappa shape index (κ3) is 4.09. The molecule has 0 aromatic carbocycles. The van der Waals surface area contributed by atoms with Crippen molar-refractivity contribution in [3.05, 3.63) is 43.8 Å². The van der Waals surface area contributed by atoms with Gasteiger partial charge in [-0.1, -0.05) is 0 Å². The topological polar surface area (TPSA) is 0 Å². The molecule has 0 aromatic rings. The fourth-order valence-corrected chi connectivity index (χ4v) is 9.66. The monoisotopic (exact) mass is 407 g/mol. The second-order valence-corrected chi connectivity index (χ2v) is 27.2. The molecule has 0 N–H and O–H groups in total. The standard InChI is InChI=1S/C14H17.2CH3.2ClH.H2Si.Zr/c1-3-11-9-10-14(13(11)4-2)12-7-5-6-8-12;;;;;;/h5-7H,3-4,8,10H2,1-2H3;2*1H3;2*1H;1H2;. The van der Waals surface area contributed by atoms with Gasteiger partial charge in [-0.15, -0.1) is 24.8 Å². The Bertz CT molecular complexity index is 533. The van der Waals surface area contributed by atoms with Crippen molar-refractivity contribution >= 4 is 31.7 Å². The van der Waals surface area contributed by atoms with Crippen LogP contribution in [0, 0.1) is 0 Å². The molecule has 2 rings (SSSR count). The summed E-state index contributed by atoms with van der Waals surface area (Å²) in [5, 5.41) is 0. The molecule has 0 nitrogen and oxygen atoms in total. The minimum atomic E-state index is -1.90. The quantitative estimate of drug-likeness (QED) is 0.554. The molecular formula is C16H27Cl2SiZr. The van der Waals surface area contributed by atoms with E-state index in [4.69, 9.17) is 0 Å². The Kier molecular flexibility index (Phi) is 8.59. The van der Waals surface area contributed by atoms with Crippen molar-refractivity contribution in [3.8, 4) is 0 Å². The summed E-state index contributed by atoms with van der Waals surface area (Å²) in [5.41, 5.74) is 6.72. The number of hydrogen-bond acceptors (Lipinski definition) is 0. The first-order valence-electron chi connectivity index (χ1n) is 7.15. The van der Waals surface area contributed by atoms with Crippen molar-refractivity contribution in [3.63, 3.8) is 0 Å². The molecule has 0 spiro atoms. The summed E-state index contributed by atoms with van der Waals surface area (Å²) in [7, 11) is 0. The third-order valence-corrected chi connectivity index (χ3v) is 11.8. The van der Waals surface area contributed by atoms with Crippen molar-refractivity contribution in [2.75, 3.05) is 0 Å². The van der Waals surface area contributed by atoms with Crippen molar-refractivity contribution in [2.45, 2.75) is 48.8 Å². The van der Waals surface area contributed by atoms with Gasteiger partial charge in [-0.3, -0.25) is 0 Å². The van der Waals surface area contributed by atoms with E-state index in [-0.39, 0.29) is 24.8 Å². The smallest absolute Gasteiger partial charge is 0.147 e. The summed E-state index contributed by atoms with van der Waals surface area (Å²) < 4.78 is 7.05. The molecule has 0 amide bonds. The van der Waals surface area contributed by atoms with Crippen molar-refractivity contribution < 1.29 is 18.9 Å². The minimum Gasteiger partial charge on any atom is -0.147 e.